The fraction of sp³-hybridized carbons (Fsp3) is 0.400. The van der Waals surface area contributed by atoms with Crippen LogP contribution in [0.15, 0.2) is 29.2 Å². The first-order chi connectivity index (χ1) is 13.5. The summed E-state index contributed by atoms with van der Waals surface area (Å²) in [5.74, 6) is -2.45. The van der Waals surface area contributed by atoms with Gasteiger partial charge in [-0.2, -0.15) is 4.31 Å². The molecule has 0 aliphatic rings. The standard InChI is InChI=1S/C20H25FN2O5S/c1-6-23(7-2)29(26,27)15-8-9-18(21)17(11-15)20(25)28-12-19(24)16-10-13(3)22(5)14(16)4/h8-11H,6-7,12H2,1-5H3. The van der Waals surface area contributed by atoms with Gasteiger partial charge < -0.3 is 9.30 Å². The number of carbonyl (C=O) groups is 2. The number of carbonyl (C=O) groups excluding carboxylic acids is 2. The molecule has 0 spiro atoms. The molecular formula is C20H25FN2O5S. The number of hydrogen-bond donors (Lipinski definition) is 0. The zero-order valence-electron chi connectivity index (χ0n) is 17.2. The number of hydrogen-bond acceptors (Lipinski definition) is 5. The van der Waals surface area contributed by atoms with Crippen LogP contribution in [0.25, 0.3) is 0 Å². The molecule has 0 saturated carbocycles. The number of aryl methyl sites for hydroxylation is 1. The highest BCUT2D eigenvalue weighted by Gasteiger charge is 2.25. The van der Waals surface area contributed by atoms with Crippen molar-refractivity contribution in [2.45, 2.75) is 32.6 Å². The predicted molar refractivity (Wildman–Crippen MR) is 106 cm³/mol. The lowest BCUT2D eigenvalue weighted by molar-refractivity contribution is 0.0469. The molecule has 29 heavy (non-hydrogen) atoms. The molecule has 2 aromatic rings. The Hall–Kier alpha value is -2.52. The lowest BCUT2D eigenvalue weighted by Gasteiger charge is -2.18. The quantitative estimate of drug-likeness (QED) is 0.481. The highest BCUT2D eigenvalue weighted by Crippen LogP contribution is 2.20. The van der Waals surface area contributed by atoms with Gasteiger partial charge in [-0.25, -0.2) is 17.6 Å². The van der Waals surface area contributed by atoms with Crippen molar-refractivity contribution in [3.05, 3.63) is 52.6 Å². The molecule has 9 heteroatoms. The average Bonchev–Trinajstić information content (AvgIpc) is 2.94. The molecule has 0 saturated heterocycles. The summed E-state index contributed by atoms with van der Waals surface area (Å²) in [4.78, 5) is 24.5. The summed E-state index contributed by atoms with van der Waals surface area (Å²) >= 11 is 0. The lowest BCUT2D eigenvalue weighted by atomic mass is 10.1. The van der Waals surface area contributed by atoms with E-state index in [4.69, 9.17) is 4.74 Å². The number of halogens is 1. The summed E-state index contributed by atoms with van der Waals surface area (Å²) in [6.45, 7) is 6.86. The topological polar surface area (TPSA) is 85.7 Å². The minimum atomic E-state index is -3.87. The normalized spacial score (nSPS) is 11.7. The number of ketones is 1. The number of benzene rings is 1. The van der Waals surface area contributed by atoms with E-state index in [1.165, 1.54) is 4.31 Å². The van der Waals surface area contributed by atoms with Gasteiger partial charge in [0.15, 0.2) is 6.61 Å². The van der Waals surface area contributed by atoms with Crippen LogP contribution in [0.4, 0.5) is 4.39 Å². The predicted octanol–water partition coefficient (Wildman–Crippen LogP) is 2.85. The monoisotopic (exact) mass is 424 g/mol. The molecule has 158 valence electrons. The van der Waals surface area contributed by atoms with Gasteiger partial charge in [0.2, 0.25) is 15.8 Å². The van der Waals surface area contributed by atoms with Crippen molar-refractivity contribution < 1.29 is 27.1 Å². The van der Waals surface area contributed by atoms with Crippen molar-refractivity contribution in [2.24, 2.45) is 7.05 Å². The molecule has 7 nitrogen and oxygen atoms in total. The van der Waals surface area contributed by atoms with E-state index < -0.39 is 39.8 Å². The van der Waals surface area contributed by atoms with Gasteiger partial charge in [-0.05, 0) is 38.1 Å². The fourth-order valence-corrected chi connectivity index (χ4v) is 4.44. The van der Waals surface area contributed by atoms with Crippen molar-refractivity contribution in [3.63, 3.8) is 0 Å². The molecule has 0 amide bonds. The first-order valence-corrected chi connectivity index (χ1v) is 10.6. The summed E-state index contributed by atoms with van der Waals surface area (Å²) in [6.07, 6.45) is 0. The maximum atomic E-state index is 14.1. The Morgan fingerprint density at radius 1 is 1.10 bits per heavy atom. The Balaban J connectivity index is 2.23. The molecule has 2 rings (SSSR count). The molecule has 0 N–H and O–H groups in total. The van der Waals surface area contributed by atoms with Gasteiger partial charge in [-0.15, -0.1) is 0 Å². The van der Waals surface area contributed by atoms with Crippen molar-refractivity contribution in [1.82, 2.24) is 8.87 Å². The van der Waals surface area contributed by atoms with E-state index in [0.29, 0.717) is 5.56 Å². The molecule has 1 aromatic heterocycles. The number of nitrogens with zero attached hydrogens (tertiary/aromatic N) is 2. The van der Waals surface area contributed by atoms with Crippen LogP contribution < -0.4 is 0 Å². The largest absolute Gasteiger partial charge is 0.454 e. The Morgan fingerprint density at radius 3 is 2.24 bits per heavy atom. The van der Waals surface area contributed by atoms with E-state index in [1.54, 1.807) is 26.8 Å². The average molecular weight is 424 g/mol. The Morgan fingerprint density at radius 2 is 1.72 bits per heavy atom. The van der Waals surface area contributed by atoms with Gasteiger partial charge in [-0.3, -0.25) is 4.79 Å². The maximum Gasteiger partial charge on any atom is 0.341 e. The number of ether oxygens (including phenoxy) is 1. The van der Waals surface area contributed by atoms with Crippen LogP contribution in [0.3, 0.4) is 0 Å². The van der Waals surface area contributed by atoms with Gasteiger partial charge in [-0.1, -0.05) is 13.8 Å². The van der Waals surface area contributed by atoms with Gasteiger partial charge in [0.25, 0.3) is 0 Å². The Bertz CT molecular complexity index is 1040. The second kappa shape index (κ2) is 8.87. The van der Waals surface area contributed by atoms with Crippen LogP contribution in [-0.2, 0) is 21.8 Å². The third kappa shape index (κ3) is 4.56. The summed E-state index contributed by atoms with van der Waals surface area (Å²) in [5.41, 5.74) is 1.47. The van der Waals surface area contributed by atoms with E-state index >= 15 is 0 Å². The van der Waals surface area contributed by atoms with Gasteiger partial charge in [0.05, 0.1) is 10.5 Å². The van der Waals surface area contributed by atoms with E-state index in [1.807, 2.05) is 18.5 Å². The highest BCUT2D eigenvalue weighted by atomic mass is 32.2. The number of rotatable bonds is 8. The zero-order valence-corrected chi connectivity index (χ0v) is 18.0. The van der Waals surface area contributed by atoms with E-state index in [0.717, 1.165) is 29.6 Å². The summed E-state index contributed by atoms with van der Waals surface area (Å²) < 4.78 is 47.3. The Labute approximate surface area is 170 Å². The lowest BCUT2D eigenvalue weighted by Crippen LogP contribution is -2.30. The minimum Gasteiger partial charge on any atom is -0.454 e. The first-order valence-electron chi connectivity index (χ1n) is 9.17. The van der Waals surface area contributed by atoms with E-state index in [2.05, 4.69) is 0 Å². The molecule has 0 atom stereocenters. The SMILES string of the molecule is CCN(CC)S(=O)(=O)c1ccc(F)c(C(=O)OCC(=O)c2cc(C)n(C)c2C)c1. The van der Waals surface area contributed by atoms with E-state index in [9.17, 15) is 22.4 Å². The van der Waals surface area contributed by atoms with Crippen molar-refractivity contribution in [3.8, 4) is 0 Å². The van der Waals surface area contributed by atoms with Crippen LogP contribution in [-0.4, -0.2) is 48.7 Å². The molecule has 1 aromatic carbocycles. The van der Waals surface area contributed by atoms with E-state index in [-0.39, 0.29) is 18.0 Å². The molecule has 0 fully saturated rings. The second-order valence-electron chi connectivity index (χ2n) is 6.57. The van der Waals surface area contributed by atoms with Gasteiger partial charge in [0, 0.05) is 37.1 Å². The Kier molecular flexibility index (Phi) is 6.97. The fourth-order valence-electron chi connectivity index (χ4n) is 2.96. The molecule has 0 unspecified atom stereocenters. The minimum absolute atomic E-state index is 0.213. The van der Waals surface area contributed by atoms with Gasteiger partial charge in [0.1, 0.15) is 5.82 Å². The van der Waals surface area contributed by atoms with Gasteiger partial charge >= 0.3 is 5.97 Å². The maximum absolute atomic E-state index is 14.1. The molecule has 0 bridgehead atoms. The summed E-state index contributed by atoms with van der Waals surface area (Å²) in [5, 5.41) is 0. The second-order valence-corrected chi connectivity index (χ2v) is 8.51. The van der Waals surface area contributed by atoms with Crippen molar-refractivity contribution >= 4 is 21.8 Å². The molecular weight excluding hydrogens is 399 g/mol. The number of sulfonamides is 1. The van der Waals surface area contributed by atoms with Crippen LogP contribution >= 0.6 is 0 Å². The van der Waals surface area contributed by atoms with Crippen LogP contribution in [0.2, 0.25) is 0 Å². The number of esters is 1. The smallest absolute Gasteiger partial charge is 0.341 e. The molecule has 0 aliphatic carbocycles. The van der Waals surface area contributed by atoms with Crippen LogP contribution in [0.1, 0.15) is 46.0 Å². The summed E-state index contributed by atoms with van der Waals surface area (Å²) in [6, 6.07) is 4.62. The van der Waals surface area contributed by atoms with Crippen molar-refractivity contribution in [1.29, 1.82) is 0 Å². The molecule has 1 heterocycles. The third-order valence-electron chi connectivity index (χ3n) is 4.91. The highest BCUT2D eigenvalue weighted by molar-refractivity contribution is 7.89. The first kappa shape index (κ1) is 22.8. The summed E-state index contributed by atoms with van der Waals surface area (Å²) in [7, 11) is -2.06. The molecule has 0 aliphatic heterocycles. The third-order valence-corrected chi connectivity index (χ3v) is 6.96. The number of Topliss-reactive ketones (excluding diaryl/α,β-unsaturated/α-hetero) is 1. The van der Waals surface area contributed by atoms with Crippen LogP contribution in [0.5, 0.6) is 0 Å². The zero-order chi connectivity index (χ0) is 21.9. The van der Waals surface area contributed by atoms with Crippen LogP contribution in [0, 0.1) is 19.7 Å². The van der Waals surface area contributed by atoms with Crippen molar-refractivity contribution in [2.75, 3.05) is 19.7 Å². The number of aromatic nitrogens is 1. The molecule has 0 radical (unpaired) electrons.